The molecule has 0 fully saturated rings. The Morgan fingerprint density at radius 1 is 1.29 bits per heavy atom. The van der Waals surface area contributed by atoms with Crippen LogP contribution < -0.4 is 0 Å². The van der Waals surface area contributed by atoms with Gasteiger partial charge in [0.1, 0.15) is 5.78 Å². The Bertz CT molecular complexity index is 662. The molecule has 0 saturated carbocycles. The molecule has 0 N–H and O–H groups in total. The maximum atomic E-state index is 12.3. The largest absolute Gasteiger partial charge is 0.299 e. The third-order valence-corrected chi connectivity index (χ3v) is 4.93. The van der Waals surface area contributed by atoms with Gasteiger partial charge in [0.25, 0.3) is 0 Å². The average Bonchev–Trinajstić information content (AvgIpc) is 2.70. The van der Waals surface area contributed by atoms with E-state index in [1.165, 1.54) is 0 Å². The zero-order valence-electron chi connectivity index (χ0n) is 11.8. The zero-order valence-corrected chi connectivity index (χ0v) is 14.9. The van der Waals surface area contributed by atoms with E-state index in [1.807, 2.05) is 14.0 Å². The Morgan fingerprint density at radius 3 is 2.43 bits per heavy atom. The highest BCUT2D eigenvalue weighted by molar-refractivity contribution is 9.10. The smallest absolute Gasteiger partial charge is 0.143 e. The van der Waals surface area contributed by atoms with Gasteiger partial charge in [0.15, 0.2) is 0 Å². The van der Waals surface area contributed by atoms with Crippen molar-refractivity contribution in [2.45, 2.75) is 26.2 Å². The molecule has 2 rings (SSSR count). The van der Waals surface area contributed by atoms with Gasteiger partial charge in [-0.15, -0.1) is 0 Å². The second-order valence-corrected chi connectivity index (χ2v) is 6.38. The Hall–Kier alpha value is -0.840. The molecular weight excluding hydrogens is 375 g/mol. The normalized spacial score (nSPS) is 10.9. The summed E-state index contributed by atoms with van der Waals surface area (Å²) in [4.78, 5) is 12.3. The van der Waals surface area contributed by atoms with Crippen molar-refractivity contribution in [1.29, 1.82) is 0 Å². The van der Waals surface area contributed by atoms with Gasteiger partial charge in [0, 0.05) is 29.9 Å². The molecule has 0 bridgehead atoms. The number of nitrogens with zero attached hydrogens (tertiary/aromatic N) is 2. The molecule has 0 amide bonds. The number of aromatic nitrogens is 2. The van der Waals surface area contributed by atoms with E-state index in [1.54, 1.807) is 22.9 Å². The number of rotatable bonds is 5. The van der Waals surface area contributed by atoms with Gasteiger partial charge < -0.3 is 0 Å². The van der Waals surface area contributed by atoms with Crippen LogP contribution in [0, 0.1) is 0 Å². The highest BCUT2D eigenvalue weighted by atomic mass is 79.9. The van der Waals surface area contributed by atoms with Gasteiger partial charge in [0.2, 0.25) is 0 Å². The molecule has 0 atom stereocenters. The van der Waals surface area contributed by atoms with Crippen LogP contribution in [0.2, 0.25) is 10.0 Å². The Labute approximate surface area is 142 Å². The number of benzene rings is 1. The number of carbonyl (C=O) groups is 1. The number of halogens is 3. The van der Waals surface area contributed by atoms with Crippen LogP contribution in [0.25, 0.3) is 0 Å². The molecule has 0 radical (unpaired) electrons. The maximum absolute atomic E-state index is 12.3. The fourth-order valence-corrected chi connectivity index (χ4v) is 3.45. The molecule has 1 aromatic carbocycles. The first-order chi connectivity index (χ1) is 9.93. The molecule has 0 aliphatic rings. The highest BCUT2D eigenvalue weighted by Gasteiger charge is 2.17. The third-order valence-electron chi connectivity index (χ3n) is 3.30. The highest BCUT2D eigenvalue weighted by Crippen LogP contribution is 2.26. The fraction of sp³-hybridized carbons (Fsp3) is 0.333. The number of ketones is 1. The molecule has 3 nitrogen and oxygen atoms in total. The van der Waals surface area contributed by atoms with E-state index in [4.69, 9.17) is 23.2 Å². The van der Waals surface area contributed by atoms with E-state index in [9.17, 15) is 4.79 Å². The van der Waals surface area contributed by atoms with Crippen LogP contribution in [0.15, 0.2) is 22.7 Å². The zero-order chi connectivity index (χ0) is 15.6. The van der Waals surface area contributed by atoms with Gasteiger partial charge in [-0.3, -0.25) is 9.48 Å². The van der Waals surface area contributed by atoms with Crippen molar-refractivity contribution < 1.29 is 4.79 Å². The molecule has 0 saturated heterocycles. The minimum Gasteiger partial charge on any atom is -0.299 e. The number of Topliss-reactive ketones (excluding diaryl/α,β-unsaturated/α-hetero) is 1. The molecule has 2 aromatic rings. The molecule has 112 valence electrons. The number of carbonyl (C=O) groups excluding carboxylic acids is 1. The van der Waals surface area contributed by atoms with Crippen LogP contribution in [0.4, 0.5) is 0 Å². The van der Waals surface area contributed by atoms with Gasteiger partial charge in [-0.1, -0.05) is 36.2 Å². The van der Waals surface area contributed by atoms with E-state index < -0.39 is 0 Å². The van der Waals surface area contributed by atoms with Crippen molar-refractivity contribution >= 4 is 44.9 Å². The van der Waals surface area contributed by atoms with Gasteiger partial charge in [0.05, 0.1) is 15.9 Å². The molecule has 0 aliphatic carbocycles. The van der Waals surface area contributed by atoms with Crippen molar-refractivity contribution in [3.63, 3.8) is 0 Å². The van der Waals surface area contributed by atoms with Crippen LogP contribution in [0.5, 0.6) is 0 Å². The molecule has 1 aromatic heterocycles. The predicted octanol–water partition coefficient (Wildman–Crippen LogP) is 4.41. The summed E-state index contributed by atoms with van der Waals surface area (Å²) in [7, 11) is 1.84. The van der Waals surface area contributed by atoms with Gasteiger partial charge in [-0.05, 0) is 40.0 Å². The first kappa shape index (κ1) is 16.5. The fourth-order valence-electron chi connectivity index (χ4n) is 2.16. The molecule has 0 unspecified atom stereocenters. The summed E-state index contributed by atoms with van der Waals surface area (Å²) in [6, 6.07) is 5.25. The summed E-state index contributed by atoms with van der Waals surface area (Å²) in [5, 5.41) is 5.43. The van der Waals surface area contributed by atoms with Crippen LogP contribution in [0.1, 0.15) is 23.9 Å². The van der Waals surface area contributed by atoms with Crippen molar-refractivity contribution in [3.8, 4) is 0 Å². The standard InChI is InChI=1S/C15H15BrCl2N2O/c1-3-13-15(16)14(20(2)19-13)8-9(21)7-10-11(17)5-4-6-12(10)18/h4-6H,3,7-8H2,1-2H3. The third kappa shape index (κ3) is 3.68. The lowest BCUT2D eigenvalue weighted by Crippen LogP contribution is -2.11. The lowest BCUT2D eigenvalue weighted by Gasteiger charge is -2.07. The van der Waals surface area contributed by atoms with Crippen molar-refractivity contribution in [2.24, 2.45) is 7.05 Å². The summed E-state index contributed by atoms with van der Waals surface area (Å²) in [5.74, 6) is 0.0522. The van der Waals surface area contributed by atoms with Crippen molar-refractivity contribution in [3.05, 3.63) is 49.7 Å². The lowest BCUT2D eigenvalue weighted by molar-refractivity contribution is -0.117. The topological polar surface area (TPSA) is 34.9 Å². The molecule has 6 heteroatoms. The molecule has 21 heavy (non-hydrogen) atoms. The van der Waals surface area contributed by atoms with Crippen LogP contribution >= 0.6 is 39.1 Å². The summed E-state index contributed by atoms with van der Waals surface area (Å²) in [5.41, 5.74) is 2.51. The first-order valence-electron chi connectivity index (χ1n) is 6.58. The molecular formula is C15H15BrCl2N2O. The molecule has 0 spiro atoms. The summed E-state index contributed by atoms with van der Waals surface area (Å²) in [6.07, 6.45) is 1.34. The number of hydrogen-bond acceptors (Lipinski definition) is 2. The van der Waals surface area contributed by atoms with E-state index in [2.05, 4.69) is 21.0 Å². The summed E-state index contributed by atoms with van der Waals surface area (Å²) < 4.78 is 2.65. The SMILES string of the molecule is CCc1nn(C)c(CC(=O)Cc2c(Cl)cccc2Cl)c1Br. The lowest BCUT2D eigenvalue weighted by atomic mass is 10.1. The molecule has 1 heterocycles. The van der Waals surface area contributed by atoms with E-state index in [0.29, 0.717) is 22.0 Å². The average molecular weight is 390 g/mol. The molecule has 0 aliphatic heterocycles. The van der Waals surface area contributed by atoms with Crippen LogP contribution in [-0.4, -0.2) is 15.6 Å². The van der Waals surface area contributed by atoms with Crippen molar-refractivity contribution in [2.75, 3.05) is 0 Å². The predicted molar refractivity (Wildman–Crippen MR) is 89.2 cm³/mol. The maximum Gasteiger partial charge on any atom is 0.143 e. The second-order valence-electron chi connectivity index (χ2n) is 4.78. The number of aryl methyl sites for hydroxylation is 2. The van der Waals surface area contributed by atoms with E-state index in [0.717, 1.165) is 22.3 Å². The summed E-state index contributed by atoms with van der Waals surface area (Å²) >= 11 is 15.7. The minimum atomic E-state index is 0.0522. The monoisotopic (exact) mass is 388 g/mol. The quantitative estimate of drug-likeness (QED) is 0.759. The van der Waals surface area contributed by atoms with Gasteiger partial charge in [-0.25, -0.2) is 0 Å². The van der Waals surface area contributed by atoms with E-state index >= 15 is 0 Å². The second kappa shape index (κ2) is 6.95. The van der Waals surface area contributed by atoms with Gasteiger partial charge >= 0.3 is 0 Å². The Balaban J connectivity index is 2.18. The number of hydrogen-bond donors (Lipinski definition) is 0. The Kier molecular flexibility index (Phi) is 5.47. The van der Waals surface area contributed by atoms with Crippen LogP contribution in [-0.2, 0) is 31.1 Å². The van der Waals surface area contributed by atoms with E-state index in [-0.39, 0.29) is 12.2 Å². The Morgan fingerprint density at radius 2 is 1.90 bits per heavy atom. The minimum absolute atomic E-state index is 0.0522. The first-order valence-corrected chi connectivity index (χ1v) is 8.13. The van der Waals surface area contributed by atoms with Crippen molar-refractivity contribution in [1.82, 2.24) is 9.78 Å². The van der Waals surface area contributed by atoms with Crippen LogP contribution in [0.3, 0.4) is 0 Å². The summed E-state index contributed by atoms with van der Waals surface area (Å²) in [6.45, 7) is 2.03. The van der Waals surface area contributed by atoms with Gasteiger partial charge in [-0.2, -0.15) is 5.10 Å².